The molecule has 4 aromatic carbocycles. The van der Waals surface area contributed by atoms with E-state index in [-0.39, 0.29) is 0 Å². The average Bonchev–Trinajstić information content (AvgIpc) is 3.28. The predicted octanol–water partition coefficient (Wildman–Crippen LogP) is 8.74. The van der Waals surface area contributed by atoms with Crippen LogP contribution in [0.15, 0.2) is 103 Å². The van der Waals surface area contributed by atoms with E-state index in [4.69, 9.17) is 6.57 Å². The molecule has 6 aromatic rings. The largest absolute Gasteiger partial charge is 0.237 e. The van der Waals surface area contributed by atoms with Gasteiger partial charge < -0.3 is 0 Å². The molecule has 3 heteroatoms. The number of aromatic nitrogens is 1. The van der Waals surface area contributed by atoms with Gasteiger partial charge in [0.25, 0.3) is 0 Å². The minimum Gasteiger partial charge on any atom is -0.237 e. The van der Waals surface area contributed by atoms with E-state index in [1.165, 1.54) is 48.1 Å². The van der Waals surface area contributed by atoms with Crippen molar-refractivity contribution in [1.82, 2.24) is 0 Å². The van der Waals surface area contributed by atoms with E-state index >= 15 is 0 Å². The van der Waals surface area contributed by atoms with Gasteiger partial charge in [0.1, 0.15) is 7.05 Å². The maximum absolute atomic E-state index is 7.89. The Balaban J connectivity index is 1.61. The van der Waals surface area contributed by atoms with Crippen molar-refractivity contribution in [1.29, 1.82) is 0 Å². The highest BCUT2D eigenvalue weighted by Crippen LogP contribution is 2.47. The summed E-state index contributed by atoms with van der Waals surface area (Å²) in [6, 6.07) is 33.9. The number of hydrogen-bond acceptors (Lipinski definition) is 1. The Morgan fingerprint density at radius 1 is 0.657 bits per heavy atom. The summed E-state index contributed by atoms with van der Waals surface area (Å²) in [5.74, 6) is 0. The van der Waals surface area contributed by atoms with Crippen LogP contribution >= 0.6 is 11.3 Å². The molecule has 35 heavy (non-hydrogen) atoms. The molecule has 0 aliphatic heterocycles. The molecule has 0 fully saturated rings. The first-order chi connectivity index (χ1) is 17.2. The number of aryl methyl sites for hydroxylation is 2. The summed E-state index contributed by atoms with van der Waals surface area (Å²) in [6.07, 6.45) is 2.09. The topological polar surface area (TPSA) is 8.24 Å². The highest BCUT2D eigenvalue weighted by molar-refractivity contribution is 7.27. The standard InChI is InChI=1S/C32H23N2S/c1-21-12-17-25-26-18-19-27(33-2)30(24-15-13-23(14-16-24)22-9-5-4-6-10-22)32(26)35-31(25)29(21)28-11-7-8-20-34(28)3/h4-20H,1,3H3/q+1. The minimum atomic E-state index is 0.694. The Morgan fingerprint density at radius 3 is 2.00 bits per heavy atom. The van der Waals surface area contributed by atoms with Gasteiger partial charge in [0.2, 0.25) is 5.69 Å². The second-order valence-electron chi connectivity index (χ2n) is 8.82. The summed E-state index contributed by atoms with van der Waals surface area (Å²) in [6.45, 7) is 10.1. The van der Waals surface area contributed by atoms with Crippen LogP contribution in [0.2, 0.25) is 0 Å². The van der Waals surface area contributed by atoms with Crippen LogP contribution in [0.3, 0.4) is 0 Å². The maximum atomic E-state index is 7.89. The van der Waals surface area contributed by atoms with Crippen molar-refractivity contribution < 1.29 is 4.57 Å². The van der Waals surface area contributed by atoms with E-state index in [1.54, 1.807) is 11.3 Å². The molecule has 0 radical (unpaired) electrons. The third kappa shape index (κ3) is 3.51. The van der Waals surface area contributed by atoms with Crippen molar-refractivity contribution in [3.8, 4) is 33.5 Å². The predicted molar refractivity (Wildman–Crippen MR) is 148 cm³/mol. The molecule has 0 spiro atoms. The zero-order chi connectivity index (χ0) is 23.9. The summed E-state index contributed by atoms with van der Waals surface area (Å²) >= 11 is 1.80. The molecule has 2 heterocycles. The summed E-state index contributed by atoms with van der Waals surface area (Å²) in [7, 11) is 2.09. The summed E-state index contributed by atoms with van der Waals surface area (Å²) < 4.78 is 4.62. The van der Waals surface area contributed by atoms with E-state index in [0.717, 1.165) is 11.1 Å². The summed E-state index contributed by atoms with van der Waals surface area (Å²) in [4.78, 5) is 3.91. The smallest absolute Gasteiger partial charge is 0.213 e. The molecule has 166 valence electrons. The number of benzene rings is 4. The van der Waals surface area contributed by atoms with E-state index in [0.29, 0.717) is 5.69 Å². The molecule has 0 unspecified atom stereocenters. The fraction of sp³-hybridized carbons (Fsp3) is 0.0625. The summed E-state index contributed by atoms with van der Waals surface area (Å²) in [5.41, 5.74) is 8.89. The SMILES string of the molecule is [C-]#[N+]c1ccc2c(sc3c(-c4cccc[n+]4C)c(C)ccc32)c1-c1ccc(-c2ccccc2)cc1. The van der Waals surface area contributed by atoms with Crippen molar-refractivity contribution in [2.75, 3.05) is 0 Å². The van der Waals surface area contributed by atoms with Crippen molar-refractivity contribution in [3.05, 3.63) is 120 Å². The molecule has 0 aliphatic rings. The molecule has 2 nitrogen and oxygen atoms in total. The zero-order valence-electron chi connectivity index (χ0n) is 19.6. The molecule has 0 amide bonds. The first-order valence-electron chi connectivity index (χ1n) is 11.6. The monoisotopic (exact) mass is 467 g/mol. The van der Waals surface area contributed by atoms with Crippen molar-refractivity contribution >= 4 is 37.2 Å². The molecule has 2 aromatic heterocycles. The Hall–Kier alpha value is -4.26. The molecule has 0 N–H and O–H groups in total. The molecule has 0 saturated carbocycles. The van der Waals surface area contributed by atoms with Gasteiger partial charge in [0.05, 0.1) is 12.1 Å². The van der Waals surface area contributed by atoms with Gasteiger partial charge in [-0.1, -0.05) is 78.9 Å². The Labute approximate surface area is 209 Å². The van der Waals surface area contributed by atoms with Gasteiger partial charge in [-0.2, -0.15) is 0 Å². The van der Waals surface area contributed by atoms with Crippen LogP contribution in [0.1, 0.15) is 5.56 Å². The summed E-state index contributed by atoms with van der Waals surface area (Å²) in [5, 5.41) is 2.45. The van der Waals surface area contributed by atoms with E-state index in [1.807, 2.05) is 12.1 Å². The van der Waals surface area contributed by atoms with Crippen LogP contribution in [-0.4, -0.2) is 0 Å². The number of fused-ring (bicyclic) bond motifs is 3. The minimum absolute atomic E-state index is 0.694. The lowest BCUT2D eigenvalue weighted by molar-refractivity contribution is -0.660. The third-order valence-corrected chi connectivity index (χ3v) is 7.96. The molecule has 6 rings (SSSR count). The van der Waals surface area contributed by atoms with Crippen LogP contribution in [0, 0.1) is 13.5 Å². The van der Waals surface area contributed by atoms with Crippen molar-refractivity contribution in [2.45, 2.75) is 6.92 Å². The van der Waals surface area contributed by atoms with Gasteiger partial charge in [0.15, 0.2) is 11.9 Å². The average molecular weight is 468 g/mol. The fourth-order valence-corrected chi connectivity index (χ4v) is 6.40. The van der Waals surface area contributed by atoms with Gasteiger partial charge in [-0.05, 0) is 40.6 Å². The van der Waals surface area contributed by atoms with E-state index in [2.05, 4.69) is 115 Å². The number of thiophene rings is 1. The molecule has 0 bridgehead atoms. The highest BCUT2D eigenvalue weighted by atomic mass is 32.1. The Morgan fingerprint density at radius 2 is 1.29 bits per heavy atom. The van der Waals surface area contributed by atoms with Gasteiger partial charge in [-0.25, -0.2) is 9.41 Å². The lowest BCUT2D eigenvalue weighted by Gasteiger charge is -2.08. The van der Waals surface area contributed by atoms with E-state index < -0.39 is 0 Å². The number of hydrogen-bond donors (Lipinski definition) is 0. The quantitative estimate of drug-likeness (QED) is 0.182. The second-order valence-corrected chi connectivity index (χ2v) is 9.85. The van der Waals surface area contributed by atoms with Gasteiger partial charge in [0, 0.05) is 32.5 Å². The molecular formula is C32H23N2S+. The van der Waals surface area contributed by atoms with Crippen molar-refractivity contribution in [2.24, 2.45) is 7.05 Å². The fourth-order valence-electron chi connectivity index (χ4n) is 4.93. The first-order valence-corrected chi connectivity index (χ1v) is 12.4. The molecular weight excluding hydrogens is 444 g/mol. The second kappa shape index (κ2) is 8.51. The first kappa shape index (κ1) is 21.3. The number of pyridine rings is 1. The lowest BCUT2D eigenvalue weighted by Crippen LogP contribution is -2.30. The number of nitrogens with zero attached hydrogens (tertiary/aromatic N) is 2. The molecule has 0 atom stereocenters. The zero-order valence-corrected chi connectivity index (χ0v) is 20.4. The normalized spacial score (nSPS) is 11.1. The van der Waals surface area contributed by atoms with Gasteiger partial charge in [-0.3, -0.25) is 0 Å². The molecule has 0 saturated heterocycles. The molecule has 0 aliphatic carbocycles. The lowest BCUT2D eigenvalue weighted by atomic mass is 9.96. The van der Waals surface area contributed by atoms with Gasteiger partial charge in [-0.15, -0.1) is 11.3 Å². The Kier molecular flexibility index (Phi) is 5.17. The van der Waals surface area contributed by atoms with Crippen LogP contribution in [-0.2, 0) is 7.05 Å². The van der Waals surface area contributed by atoms with Crippen LogP contribution in [0.4, 0.5) is 5.69 Å². The third-order valence-electron chi connectivity index (χ3n) is 6.71. The number of rotatable bonds is 3. The highest BCUT2D eigenvalue weighted by Gasteiger charge is 2.21. The maximum Gasteiger partial charge on any atom is 0.213 e. The van der Waals surface area contributed by atoms with Crippen LogP contribution < -0.4 is 4.57 Å². The van der Waals surface area contributed by atoms with Crippen molar-refractivity contribution in [3.63, 3.8) is 0 Å². The van der Waals surface area contributed by atoms with Crippen LogP contribution in [0.5, 0.6) is 0 Å². The van der Waals surface area contributed by atoms with Crippen LogP contribution in [0.25, 0.3) is 58.5 Å². The van der Waals surface area contributed by atoms with E-state index in [9.17, 15) is 0 Å². The Bertz CT molecular complexity index is 1750. The van der Waals surface area contributed by atoms with Gasteiger partial charge >= 0.3 is 0 Å².